The van der Waals surface area contributed by atoms with Gasteiger partial charge in [0.2, 0.25) is 0 Å². The van der Waals surface area contributed by atoms with Crippen molar-refractivity contribution >= 4 is 0 Å². The second kappa shape index (κ2) is 6.70. The summed E-state index contributed by atoms with van der Waals surface area (Å²) in [5, 5.41) is 0. The molecule has 0 aliphatic rings. The Hall–Kier alpha value is -1.36. The number of hydrogen-bond donors (Lipinski definition) is 1. The van der Waals surface area contributed by atoms with E-state index in [0.717, 1.165) is 23.1 Å². The molecule has 1 aromatic heterocycles. The molecule has 1 aromatic rings. The van der Waals surface area contributed by atoms with Crippen LogP contribution in [0, 0.1) is 11.8 Å². The molecular weight excluding hydrogens is 242 g/mol. The van der Waals surface area contributed by atoms with Crippen LogP contribution < -0.4 is 17.0 Å². The van der Waals surface area contributed by atoms with Crippen LogP contribution in [0.15, 0.2) is 15.7 Å². The lowest BCUT2D eigenvalue weighted by atomic mass is 10.0. The average molecular weight is 267 g/mol. The Bertz CT molecular complexity index is 528. The summed E-state index contributed by atoms with van der Waals surface area (Å²) < 4.78 is 2.88. The van der Waals surface area contributed by atoms with Gasteiger partial charge in [-0.1, -0.05) is 20.8 Å². The zero-order chi connectivity index (χ0) is 14.6. The monoisotopic (exact) mass is 267 g/mol. The molecule has 2 N–H and O–H groups in total. The summed E-state index contributed by atoms with van der Waals surface area (Å²) in [7, 11) is 1.52. The molecule has 1 atom stereocenters. The van der Waals surface area contributed by atoms with Crippen LogP contribution in [0.25, 0.3) is 0 Å². The smallest absolute Gasteiger partial charge is 0.330 e. The van der Waals surface area contributed by atoms with Gasteiger partial charge in [-0.05, 0) is 31.2 Å². The molecule has 0 aliphatic carbocycles. The highest BCUT2D eigenvalue weighted by Gasteiger charge is 2.11. The van der Waals surface area contributed by atoms with Crippen molar-refractivity contribution in [2.75, 3.05) is 6.54 Å². The minimum absolute atomic E-state index is 0.225. The highest BCUT2D eigenvalue weighted by atomic mass is 16.2. The van der Waals surface area contributed by atoms with Crippen LogP contribution in [0.2, 0.25) is 0 Å². The molecule has 0 saturated heterocycles. The van der Waals surface area contributed by atoms with E-state index >= 15 is 0 Å². The summed E-state index contributed by atoms with van der Waals surface area (Å²) in [6.45, 7) is 7.46. The van der Waals surface area contributed by atoms with Gasteiger partial charge in [0.1, 0.15) is 0 Å². The van der Waals surface area contributed by atoms with E-state index in [4.69, 9.17) is 5.73 Å². The summed E-state index contributed by atoms with van der Waals surface area (Å²) in [5.41, 5.74) is 5.96. The van der Waals surface area contributed by atoms with Gasteiger partial charge in [0.05, 0.1) is 0 Å². The van der Waals surface area contributed by atoms with Gasteiger partial charge in [0, 0.05) is 25.4 Å². The van der Waals surface area contributed by atoms with Crippen LogP contribution in [0.4, 0.5) is 0 Å². The minimum atomic E-state index is -0.236. The maximum absolute atomic E-state index is 12.2. The Labute approximate surface area is 114 Å². The predicted octanol–water partition coefficient (Wildman–Crippen LogP) is 0.730. The fourth-order valence-corrected chi connectivity index (χ4v) is 2.00. The van der Waals surface area contributed by atoms with Gasteiger partial charge in [-0.3, -0.25) is 13.9 Å². The first-order valence-electron chi connectivity index (χ1n) is 6.86. The SMILES string of the molecule is CC(C)Cn1c(CCC(C)CN)cc(=O)n(C)c1=O. The summed E-state index contributed by atoms with van der Waals surface area (Å²) in [4.78, 5) is 23.9. The summed E-state index contributed by atoms with van der Waals surface area (Å²) >= 11 is 0. The first kappa shape index (κ1) is 15.7. The fourth-order valence-electron chi connectivity index (χ4n) is 2.00. The van der Waals surface area contributed by atoms with Crippen molar-refractivity contribution in [3.63, 3.8) is 0 Å². The molecule has 0 aliphatic heterocycles. The van der Waals surface area contributed by atoms with Crippen LogP contribution in [0.1, 0.15) is 32.9 Å². The standard InChI is InChI=1S/C14H25N3O2/c1-10(2)9-17-12(6-5-11(3)8-15)7-13(18)16(4)14(17)19/h7,10-11H,5-6,8-9,15H2,1-4H3. The van der Waals surface area contributed by atoms with Crippen LogP contribution in [0.3, 0.4) is 0 Å². The van der Waals surface area contributed by atoms with Gasteiger partial charge in [0.15, 0.2) is 0 Å². The van der Waals surface area contributed by atoms with Gasteiger partial charge in [-0.2, -0.15) is 0 Å². The number of rotatable bonds is 6. The molecule has 0 amide bonds. The van der Waals surface area contributed by atoms with Gasteiger partial charge in [0.25, 0.3) is 5.56 Å². The first-order chi connectivity index (χ1) is 8.86. The topological polar surface area (TPSA) is 70.0 Å². The van der Waals surface area contributed by atoms with Gasteiger partial charge in [-0.25, -0.2) is 4.79 Å². The fraction of sp³-hybridized carbons (Fsp3) is 0.714. The number of hydrogen-bond acceptors (Lipinski definition) is 3. The lowest BCUT2D eigenvalue weighted by molar-refractivity contribution is 0.456. The second-order valence-corrected chi connectivity index (χ2v) is 5.70. The van der Waals surface area contributed by atoms with E-state index in [2.05, 4.69) is 20.8 Å². The van der Waals surface area contributed by atoms with Crippen molar-refractivity contribution in [3.05, 3.63) is 32.6 Å². The van der Waals surface area contributed by atoms with Crippen molar-refractivity contribution in [2.45, 2.75) is 40.2 Å². The zero-order valence-electron chi connectivity index (χ0n) is 12.3. The maximum Gasteiger partial charge on any atom is 0.330 e. The van der Waals surface area contributed by atoms with Crippen LogP contribution in [0.5, 0.6) is 0 Å². The Balaban J connectivity index is 3.14. The molecule has 0 saturated carbocycles. The number of aryl methyl sites for hydroxylation is 1. The zero-order valence-corrected chi connectivity index (χ0v) is 12.3. The summed E-state index contributed by atoms with van der Waals surface area (Å²) in [5.74, 6) is 0.757. The van der Waals surface area contributed by atoms with Crippen LogP contribution in [-0.4, -0.2) is 15.7 Å². The minimum Gasteiger partial charge on any atom is -0.330 e. The molecule has 5 nitrogen and oxygen atoms in total. The Morgan fingerprint density at radius 2 is 1.89 bits per heavy atom. The van der Waals surface area contributed by atoms with Gasteiger partial charge in [-0.15, -0.1) is 0 Å². The molecule has 0 bridgehead atoms. The normalized spacial score (nSPS) is 12.9. The third-order valence-corrected chi connectivity index (χ3v) is 3.33. The van der Waals surface area contributed by atoms with Gasteiger partial charge < -0.3 is 5.73 Å². The molecule has 5 heteroatoms. The van der Waals surface area contributed by atoms with E-state index in [1.165, 1.54) is 7.05 Å². The molecule has 1 rings (SSSR count). The number of aromatic nitrogens is 2. The largest absolute Gasteiger partial charge is 0.330 e. The summed E-state index contributed by atoms with van der Waals surface area (Å²) in [6.07, 6.45) is 1.61. The summed E-state index contributed by atoms with van der Waals surface area (Å²) in [6, 6.07) is 1.58. The van der Waals surface area contributed by atoms with Crippen LogP contribution in [-0.2, 0) is 20.0 Å². The van der Waals surface area contributed by atoms with E-state index in [-0.39, 0.29) is 11.2 Å². The lowest BCUT2D eigenvalue weighted by Crippen LogP contribution is -2.40. The Morgan fingerprint density at radius 1 is 1.26 bits per heavy atom. The highest BCUT2D eigenvalue weighted by Crippen LogP contribution is 2.08. The van der Waals surface area contributed by atoms with Crippen molar-refractivity contribution in [3.8, 4) is 0 Å². The van der Waals surface area contributed by atoms with Gasteiger partial charge >= 0.3 is 5.69 Å². The Kier molecular flexibility index (Phi) is 5.54. The van der Waals surface area contributed by atoms with E-state index in [1.807, 2.05) is 0 Å². The second-order valence-electron chi connectivity index (χ2n) is 5.70. The van der Waals surface area contributed by atoms with Crippen molar-refractivity contribution in [1.82, 2.24) is 9.13 Å². The quantitative estimate of drug-likeness (QED) is 0.826. The Morgan fingerprint density at radius 3 is 2.42 bits per heavy atom. The third kappa shape index (κ3) is 4.06. The highest BCUT2D eigenvalue weighted by molar-refractivity contribution is 5.03. The molecule has 1 unspecified atom stereocenters. The maximum atomic E-state index is 12.2. The molecule has 0 radical (unpaired) electrons. The van der Waals surface area contributed by atoms with E-state index in [1.54, 1.807) is 10.6 Å². The molecule has 108 valence electrons. The first-order valence-corrected chi connectivity index (χ1v) is 6.86. The van der Waals surface area contributed by atoms with E-state index in [9.17, 15) is 9.59 Å². The molecule has 19 heavy (non-hydrogen) atoms. The molecule has 1 heterocycles. The number of nitrogens with zero attached hydrogens (tertiary/aromatic N) is 2. The van der Waals surface area contributed by atoms with Crippen molar-refractivity contribution in [1.29, 1.82) is 0 Å². The van der Waals surface area contributed by atoms with Crippen LogP contribution >= 0.6 is 0 Å². The van der Waals surface area contributed by atoms with Crippen molar-refractivity contribution in [2.24, 2.45) is 24.6 Å². The van der Waals surface area contributed by atoms with Crippen molar-refractivity contribution < 1.29 is 0 Å². The van der Waals surface area contributed by atoms with E-state index < -0.39 is 0 Å². The molecule has 0 fully saturated rings. The third-order valence-electron chi connectivity index (χ3n) is 3.33. The average Bonchev–Trinajstić information content (AvgIpc) is 2.36. The lowest BCUT2D eigenvalue weighted by Gasteiger charge is -2.17. The molecular formula is C14H25N3O2. The number of nitrogens with two attached hydrogens (primary N) is 1. The predicted molar refractivity (Wildman–Crippen MR) is 77.3 cm³/mol. The molecule has 0 spiro atoms. The molecule has 0 aromatic carbocycles. The van der Waals surface area contributed by atoms with E-state index in [0.29, 0.717) is 24.9 Å².